The highest BCUT2D eigenvalue weighted by Crippen LogP contribution is 2.25. The summed E-state index contributed by atoms with van der Waals surface area (Å²) in [5.74, 6) is 1.10. The van der Waals surface area contributed by atoms with Crippen LogP contribution in [0.4, 0.5) is 0 Å². The fourth-order valence-corrected chi connectivity index (χ4v) is 3.05. The van der Waals surface area contributed by atoms with E-state index < -0.39 is 0 Å². The molecule has 1 fully saturated rings. The first-order valence-corrected chi connectivity index (χ1v) is 7.80. The third-order valence-corrected chi connectivity index (χ3v) is 4.53. The third kappa shape index (κ3) is 3.97. The molecular formula is C17H26N2O2. The summed E-state index contributed by atoms with van der Waals surface area (Å²) in [6.07, 6.45) is 4.56. The van der Waals surface area contributed by atoms with Gasteiger partial charge in [-0.2, -0.15) is 0 Å². The SMILES string of the molecule is COc1cccc(C(C)C(=O)NC2CCCCC2CN)c1. The Bertz CT molecular complexity index is 476. The highest BCUT2D eigenvalue weighted by Gasteiger charge is 2.27. The number of rotatable bonds is 5. The maximum atomic E-state index is 12.5. The molecule has 2 rings (SSSR count). The van der Waals surface area contributed by atoms with Crippen molar-refractivity contribution in [1.29, 1.82) is 0 Å². The van der Waals surface area contributed by atoms with Gasteiger partial charge < -0.3 is 15.8 Å². The molecule has 0 radical (unpaired) electrons. The van der Waals surface area contributed by atoms with Gasteiger partial charge in [-0.05, 0) is 49.9 Å². The maximum Gasteiger partial charge on any atom is 0.227 e. The van der Waals surface area contributed by atoms with Gasteiger partial charge in [0, 0.05) is 6.04 Å². The average Bonchev–Trinajstić information content (AvgIpc) is 2.54. The number of hydrogen-bond acceptors (Lipinski definition) is 3. The maximum absolute atomic E-state index is 12.5. The van der Waals surface area contributed by atoms with Gasteiger partial charge in [0.1, 0.15) is 5.75 Å². The molecule has 1 aromatic rings. The van der Waals surface area contributed by atoms with Gasteiger partial charge in [-0.3, -0.25) is 4.79 Å². The second-order valence-corrected chi connectivity index (χ2v) is 5.89. The molecule has 1 aliphatic rings. The fraction of sp³-hybridized carbons (Fsp3) is 0.588. The molecule has 1 saturated carbocycles. The van der Waals surface area contributed by atoms with Gasteiger partial charge in [0.2, 0.25) is 5.91 Å². The van der Waals surface area contributed by atoms with E-state index in [0.29, 0.717) is 12.5 Å². The Morgan fingerprint density at radius 3 is 2.90 bits per heavy atom. The van der Waals surface area contributed by atoms with Crippen molar-refractivity contribution < 1.29 is 9.53 Å². The first-order chi connectivity index (χ1) is 10.2. The minimum atomic E-state index is -0.180. The number of methoxy groups -OCH3 is 1. The van der Waals surface area contributed by atoms with Crippen LogP contribution in [0.5, 0.6) is 5.75 Å². The van der Waals surface area contributed by atoms with Crippen molar-refractivity contribution in [3.8, 4) is 5.75 Å². The van der Waals surface area contributed by atoms with Crippen LogP contribution in [0, 0.1) is 5.92 Å². The molecule has 3 N–H and O–H groups in total. The monoisotopic (exact) mass is 290 g/mol. The molecular weight excluding hydrogens is 264 g/mol. The number of carbonyl (C=O) groups is 1. The second-order valence-electron chi connectivity index (χ2n) is 5.89. The summed E-state index contributed by atoms with van der Waals surface area (Å²) in [6.45, 7) is 2.59. The molecule has 0 spiro atoms. The van der Waals surface area contributed by atoms with Crippen LogP contribution in [0.15, 0.2) is 24.3 Å². The van der Waals surface area contributed by atoms with Crippen LogP contribution >= 0.6 is 0 Å². The zero-order valence-corrected chi connectivity index (χ0v) is 13.0. The first kappa shape index (κ1) is 15.8. The zero-order valence-electron chi connectivity index (χ0n) is 13.0. The quantitative estimate of drug-likeness (QED) is 0.875. The molecule has 0 heterocycles. The summed E-state index contributed by atoms with van der Waals surface area (Å²) in [4.78, 5) is 12.5. The normalized spacial score (nSPS) is 23.4. The Kier molecular flexibility index (Phi) is 5.62. The summed E-state index contributed by atoms with van der Waals surface area (Å²) in [6, 6.07) is 7.92. The van der Waals surface area contributed by atoms with E-state index in [1.54, 1.807) is 7.11 Å². The summed E-state index contributed by atoms with van der Waals surface area (Å²) < 4.78 is 5.22. The van der Waals surface area contributed by atoms with Crippen molar-refractivity contribution in [3.63, 3.8) is 0 Å². The zero-order chi connectivity index (χ0) is 15.2. The number of nitrogens with two attached hydrogens (primary N) is 1. The number of amides is 1. The smallest absolute Gasteiger partial charge is 0.227 e. The van der Waals surface area contributed by atoms with Gasteiger partial charge in [-0.1, -0.05) is 25.0 Å². The van der Waals surface area contributed by atoms with Crippen molar-refractivity contribution in [2.45, 2.75) is 44.6 Å². The minimum Gasteiger partial charge on any atom is -0.497 e. The van der Waals surface area contributed by atoms with Crippen LogP contribution < -0.4 is 15.8 Å². The van der Waals surface area contributed by atoms with Crippen molar-refractivity contribution >= 4 is 5.91 Å². The topological polar surface area (TPSA) is 64.3 Å². The van der Waals surface area contributed by atoms with Crippen molar-refractivity contribution in [1.82, 2.24) is 5.32 Å². The predicted molar refractivity (Wildman–Crippen MR) is 84.4 cm³/mol. The molecule has 4 nitrogen and oxygen atoms in total. The Morgan fingerprint density at radius 2 is 2.19 bits per heavy atom. The summed E-state index contributed by atoms with van der Waals surface area (Å²) in [5, 5.41) is 3.20. The van der Waals surface area contributed by atoms with E-state index in [9.17, 15) is 4.79 Å². The van der Waals surface area contributed by atoms with Crippen molar-refractivity contribution in [2.24, 2.45) is 11.7 Å². The molecule has 3 atom stereocenters. The van der Waals surface area contributed by atoms with Crippen LogP contribution in [0.1, 0.15) is 44.1 Å². The van der Waals surface area contributed by atoms with E-state index in [2.05, 4.69) is 5.32 Å². The van der Waals surface area contributed by atoms with E-state index in [1.807, 2.05) is 31.2 Å². The van der Waals surface area contributed by atoms with E-state index in [1.165, 1.54) is 12.8 Å². The molecule has 3 unspecified atom stereocenters. The van der Waals surface area contributed by atoms with Crippen LogP contribution in [-0.4, -0.2) is 25.6 Å². The second kappa shape index (κ2) is 7.46. The van der Waals surface area contributed by atoms with Crippen molar-refractivity contribution in [3.05, 3.63) is 29.8 Å². The molecule has 0 aromatic heterocycles. The summed E-state index contributed by atoms with van der Waals surface area (Å²) >= 11 is 0. The van der Waals surface area contributed by atoms with Gasteiger partial charge >= 0.3 is 0 Å². The molecule has 0 aliphatic heterocycles. The highest BCUT2D eigenvalue weighted by atomic mass is 16.5. The minimum absolute atomic E-state index is 0.0774. The number of ether oxygens (including phenoxy) is 1. The number of hydrogen-bond donors (Lipinski definition) is 2. The molecule has 1 aromatic carbocycles. The molecule has 0 bridgehead atoms. The van der Waals surface area contributed by atoms with Crippen molar-refractivity contribution in [2.75, 3.05) is 13.7 Å². The van der Waals surface area contributed by atoms with Gasteiger partial charge in [-0.15, -0.1) is 0 Å². The Balaban J connectivity index is 2.01. The Hall–Kier alpha value is -1.55. The van der Waals surface area contributed by atoms with Crippen LogP contribution in [0.3, 0.4) is 0 Å². The van der Waals surface area contributed by atoms with Gasteiger partial charge in [-0.25, -0.2) is 0 Å². The summed E-state index contributed by atoms with van der Waals surface area (Å²) in [7, 11) is 1.64. The highest BCUT2D eigenvalue weighted by molar-refractivity contribution is 5.83. The fourth-order valence-electron chi connectivity index (χ4n) is 3.05. The number of carbonyl (C=O) groups excluding carboxylic acids is 1. The predicted octanol–water partition coefficient (Wildman–Crippen LogP) is 2.43. The lowest BCUT2D eigenvalue weighted by Crippen LogP contribution is -2.46. The van der Waals surface area contributed by atoms with Gasteiger partial charge in [0.25, 0.3) is 0 Å². The van der Waals surface area contributed by atoms with Crippen LogP contribution in [0.25, 0.3) is 0 Å². The Morgan fingerprint density at radius 1 is 1.43 bits per heavy atom. The molecule has 21 heavy (non-hydrogen) atoms. The first-order valence-electron chi connectivity index (χ1n) is 7.80. The van der Waals surface area contributed by atoms with E-state index in [0.717, 1.165) is 24.2 Å². The van der Waals surface area contributed by atoms with Crippen LogP contribution in [0.2, 0.25) is 0 Å². The molecule has 4 heteroatoms. The lowest BCUT2D eigenvalue weighted by molar-refractivity contribution is -0.123. The van der Waals surface area contributed by atoms with Crippen LogP contribution in [-0.2, 0) is 4.79 Å². The number of benzene rings is 1. The van der Waals surface area contributed by atoms with E-state index in [4.69, 9.17) is 10.5 Å². The number of nitrogens with one attached hydrogen (secondary N) is 1. The molecule has 1 aliphatic carbocycles. The average molecular weight is 290 g/mol. The van der Waals surface area contributed by atoms with E-state index >= 15 is 0 Å². The standard InChI is InChI=1S/C17H26N2O2/c1-12(13-7-5-8-15(10-13)21-2)17(20)19-16-9-4-3-6-14(16)11-18/h5,7-8,10,12,14,16H,3-4,6,9,11,18H2,1-2H3,(H,19,20). The summed E-state index contributed by atoms with van der Waals surface area (Å²) in [5.41, 5.74) is 6.81. The largest absolute Gasteiger partial charge is 0.497 e. The third-order valence-electron chi connectivity index (χ3n) is 4.53. The lowest BCUT2D eigenvalue weighted by atomic mass is 9.84. The lowest BCUT2D eigenvalue weighted by Gasteiger charge is -2.32. The van der Waals surface area contributed by atoms with Gasteiger partial charge in [0.15, 0.2) is 0 Å². The van der Waals surface area contributed by atoms with E-state index in [-0.39, 0.29) is 17.9 Å². The molecule has 116 valence electrons. The molecule has 1 amide bonds. The molecule has 0 saturated heterocycles. The Labute approximate surface area is 127 Å². The van der Waals surface area contributed by atoms with Gasteiger partial charge in [0.05, 0.1) is 13.0 Å².